The van der Waals surface area contributed by atoms with Gasteiger partial charge in [-0.15, -0.1) is 0 Å². The Balaban J connectivity index is 2.01. The summed E-state index contributed by atoms with van der Waals surface area (Å²) in [5, 5.41) is 4.26. The van der Waals surface area contributed by atoms with Crippen LogP contribution >= 0.6 is 0 Å². The summed E-state index contributed by atoms with van der Waals surface area (Å²) in [6.45, 7) is 13.1. The molecule has 1 aliphatic rings. The highest BCUT2D eigenvalue weighted by Gasteiger charge is 2.40. The lowest BCUT2D eigenvalue weighted by Gasteiger charge is -2.37. The Hall–Kier alpha value is -0.723. The Morgan fingerprint density at radius 1 is 1.35 bits per heavy atom. The van der Waals surface area contributed by atoms with E-state index in [9.17, 15) is 0 Å². The molecule has 0 aromatic carbocycles. The summed E-state index contributed by atoms with van der Waals surface area (Å²) in [6.07, 6.45) is 1.76. The molecule has 0 radical (unpaired) electrons. The molecule has 0 spiro atoms. The minimum absolute atomic E-state index is 0.123. The highest BCUT2D eigenvalue weighted by molar-refractivity contribution is 6.74. The van der Waals surface area contributed by atoms with Crippen molar-refractivity contribution < 1.29 is 8.95 Å². The Morgan fingerprint density at radius 3 is 2.45 bits per heavy atom. The minimum Gasteiger partial charge on any atom is -0.407 e. The molecule has 1 aromatic heterocycles. The predicted molar refractivity (Wildman–Crippen MR) is 80.9 cm³/mol. The van der Waals surface area contributed by atoms with E-state index in [-0.39, 0.29) is 17.2 Å². The normalized spacial score (nSPS) is 25.4. The SMILES string of the molecule is CC(O[Si](C)(C)C(C)(C)C)c1noc(C2CC(N)C2)n1. The van der Waals surface area contributed by atoms with Gasteiger partial charge in [0.25, 0.3) is 0 Å². The van der Waals surface area contributed by atoms with Crippen LogP contribution in [0.15, 0.2) is 4.52 Å². The number of hydrogen-bond acceptors (Lipinski definition) is 5. The van der Waals surface area contributed by atoms with Gasteiger partial charge in [0.2, 0.25) is 5.89 Å². The fraction of sp³-hybridized carbons (Fsp3) is 0.857. The zero-order valence-corrected chi connectivity index (χ0v) is 14.4. The van der Waals surface area contributed by atoms with Crippen molar-refractivity contribution in [1.82, 2.24) is 10.1 Å². The van der Waals surface area contributed by atoms with Gasteiger partial charge in [-0.3, -0.25) is 0 Å². The molecule has 6 heteroatoms. The molecule has 2 rings (SSSR count). The molecule has 1 heterocycles. The van der Waals surface area contributed by atoms with Crippen LogP contribution in [0.2, 0.25) is 18.1 Å². The van der Waals surface area contributed by atoms with E-state index in [0.717, 1.165) is 12.8 Å². The van der Waals surface area contributed by atoms with E-state index in [1.54, 1.807) is 0 Å². The van der Waals surface area contributed by atoms with Crippen LogP contribution in [0, 0.1) is 0 Å². The molecule has 2 N–H and O–H groups in total. The maximum atomic E-state index is 6.28. The lowest BCUT2D eigenvalue weighted by atomic mass is 9.81. The molecule has 0 aliphatic heterocycles. The first-order valence-electron chi connectivity index (χ1n) is 7.37. The lowest BCUT2D eigenvalue weighted by molar-refractivity contribution is 0.188. The molecule has 1 atom stereocenters. The van der Waals surface area contributed by atoms with Gasteiger partial charge in [0.15, 0.2) is 14.1 Å². The Bertz CT molecular complexity index is 461. The smallest absolute Gasteiger partial charge is 0.229 e. The molecule has 1 aliphatic carbocycles. The summed E-state index contributed by atoms with van der Waals surface area (Å²) in [5.41, 5.74) is 5.79. The Morgan fingerprint density at radius 2 is 1.95 bits per heavy atom. The average Bonchev–Trinajstić information content (AvgIpc) is 2.71. The number of hydrogen-bond donors (Lipinski definition) is 1. The lowest BCUT2D eigenvalue weighted by Crippen LogP contribution is -2.41. The molecule has 114 valence electrons. The van der Waals surface area contributed by atoms with Crippen LogP contribution in [0.25, 0.3) is 0 Å². The summed E-state index contributed by atoms with van der Waals surface area (Å²) in [6, 6.07) is 0.288. The zero-order valence-electron chi connectivity index (χ0n) is 13.4. The quantitative estimate of drug-likeness (QED) is 0.863. The standard InChI is InChI=1S/C14H27N3O2Si/c1-9(19-20(5,6)14(2,3)4)12-16-13(18-17-12)10-7-11(15)8-10/h9-11H,7-8,15H2,1-6H3. The summed E-state index contributed by atoms with van der Waals surface area (Å²) in [5.74, 6) is 1.71. The van der Waals surface area contributed by atoms with Gasteiger partial charge in [-0.25, -0.2) is 0 Å². The second kappa shape index (κ2) is 5.24. The van der Waals surface area contributed by atoms with E-state index in [1.165, 1.54) is 0 Å². The number of aromatic nitrogens is 2. The second-order valence-electron chi connectivity index (χ2n) is 7.44. The van der Waals surface area contributed by atoms with E-state index in [1.807, 2.05) is 6.92 Å². The van der Waals surface area contributed by atoms with Crippen molar-refractivity contribution in [3.8, 4) is 0 Å². The van der Waals surface area contributed by atoms with Crippen molar-refractivity contribution >= 4 is 8.32 Å². The highest BCUT2D eigenvalue weighted by Crippen LogP contribution is 2.40. The van der Waals surface area contributed by atoms with Gasteiger partial charge in [0, 0.05) is 12.0 Å². The molecule has 1 aromatic rings. The molecule has 20 heavy (non-hydrogen) atoms. The van der Waals surface area contributed by atoms with Gasteiger partial charge in [0.1, 0.15) is 6.10 Å². The van der Waals surface area contributed by atoms with E-state index in [2.05, 4.69) is 44.0 Å². The molecule has 0 saturated heterocycles. The first-order valence-corrected chi connectivity index (χ1v) is 10.3. The maximum absolute atomic E-state index is 6.28. The maximum Gasteiger partial charge on any atom is 0.229 e. The first kappa shape index (κ1) is 15.7. The van der Waals surface area contributed by atoms with Crippen molar-refractivity contribution in [2.45, 2.75) is 76.7 Å². The molecule has 1 unspecified atom stereocenters. The molecule has 5 nitrogen and oxygen atoms in total. The van der Waals surface area contributed by atoms with Gasteiger partial charge in [-0.05, 0) is 37.9 Å². The van der Waals surface area contributed by atoms with Crippen molar-refractivity contribution in [2.24, 2.45) is 5.73 Å². The molecule has 1 fully saturated rings. The van der Waals surface area contributed by atoms with Crippen LogP contribution in [0.5, 0.6) is 0 Å². The van der Waals surface area contributed by atoms with Gasteiger partial charge in [0.05, 0.1) is 0 Å². The summed E-state index contributed by atoms with van der Waals surface area (Å²) in [4.78, 5) is 4.50. The summed E-state index contributed by atoms with van der Waals surface area (Å²) < 4.78 is 11.6. The van der Waals surface area contributed by atoms with Crippen molar-refractivity contribution in [2.75, 3.05) is 0 Å². The molecule has 0 amide bonds. The fourth-order valence-electron chi connectivity index (χ4n) is 2.11. The van der Waals surface area contributed by atoms with Crippen LogP contribution in [-0.4, -0.2) is 24.5 Å². The number of rotatable bonds is 4. The van der Waals surface area contributed by atoms with Crippen LogP contribution in [0.3, 0.4) is 0 Å². The van der Waals surface area contributed by atoms with Gasteiger partial charge in [-0.2, -0.15) is 4.98 Å². The van der Waals surface area contributed by atoms with Gasteiger partial charge in [-0.1, -0.05) is 25.9 Å². The Kier molecular flexibility index (Phi) is 4.10. The second-order valence-corrected chi connectivity index (χ2v) is 12.2. The third-order valence-corrected chi connectivity index (χ3v) is 9.18. The van der Waals surface area contributed by atoms with Crippen LogP contribution < -0.4 is 5.73 Å². The third-order valence-electron chi connectivity index (χ3n) is 4.62. The zero-order chi connectivity index (χ0) is 15.1. The van der Waals surface area contributed by atoms with Gasteiger partial charge < -0.3 is 14.7 Å². The van der Waals surface area contributed by atoms with Crippen molar-refractivity contribution in [1.29, 1.82) is 0 Å². The van der Waals surface area contributed by atoms with Crippen molar-refractivity contribution in [3.63, 3.8) is 0 Å². The molecular formula is C14H27N3O2Si. The third kappa shape index (κ3) is 3.12. The van der Waals surface area contributed by atoms with Crippen molar-refractivity contribution in [3.05, 3.63) is 11.7 Å². The number of nitrogens with two attached hydrogens (primary N) is 1. The van der Waals surface area contributed by atoms with Gasteiger partial charge >= 0.3 is 0 Å². The van der Waals surface area contributed by atoms with E-state index in [4.69, 9.17) is 14.7 Å². The summed E-state index contributed by atoms with van der Waals surface area (Å²) >= 11 is 0. The fourth-order valence-corrected chi connectivity index (χ4v) is 3.46. The minimum atomic E-state index is -1.82. The van der Waals surface area contributed by atoms with E-state index < -0.39 is 8.32 Å². The van der Waals surface area contributed by atoms with E-state index >= 15 is 0 Å². The van der Waals surface area contributed by atoms with Crippen LogP contribution in [0.4, 0.5) is 0 Å². The average molecular weight is 297 g/mol. The topological polar surface area (TPSA) is 74.2 Å². The van der Waals surface area contributed by atoms with Crippen LogP contribution in [-0.2, 0) is 4.43 Å². The monoisotopic (exact) mass is 297 g/mol. The summed E-state index contributed by atoms with van der Waals surface area (Å²) in [7, 11) is -1.82. The molecule has 1 saturated carbocycles. The predicted octanol–water partition coefficient (Wildman–Crippen LogP) is 3.36. The first-order chi connectivity index (χ1) is 9.10. The van der Waals surface area contributed by atoms with E-state index in [0.29, 0.717) is 17.6 Å². The molecular weight excluding hydrogens is 270 g/mol. The largest absolute Gasteiger partial charge is 0.407 e. The highest BCUT2D eigenvalue weighted by atomic mass is 28.4. The Labute approximate surface area is 122 Å². The van der Waals surface area contributed by atoms with Crippen LogP contribution in [0.1, 0.15) is 64.3 Å². The number of nitrogens with zero attached hydrogens (tertiary/aromatic N) is 2. The molecule has 0 bridgehead atoms.